The average Bonchev–Trinajstić information content (AvgIpc) is 1.90. The third-order valence-electron chi connectivity index (χ3n) is 1.83. The van der Waals surface area contributed by atoms with Crippen LogP contribution in [0.5, 0.6) is 0 Å². The Morgan fingerprint density at radius 2 is 2.33 bits per heavy atom. The summed E-state index contributed by atoms with van der Waals surface area (Å²) in [5.41, 5.74) is 0. The first kappa shape index (κ1) is 7.03. The van der Waals surface area contributed by atoms with Crippen molar-refractivity contribution in [3.05, 3.63) is 0 Å². The molecule has 1 aliphatic rings. The topological polar surface area (TPSA) is 21.3 Å². The molecule has 2 heteroatoms. The summed E-state index contributed by atoms with van der Waals surface area (Å²) in [5, 5.41) is 3.30. The van der Waals surface area contributed by atoms with Crippen LogP contribution in [-0.2, 0) is 4.74 Å². The molecule has 0 radical (unpaired) electrons. The lowest BCUT2D eigenvalue weighted by molar-refractivity contribution is 0.0505. The summed E-state index contributed by atoms with van der Waals surface area (Å²) in [6, 6.07) is 0.679. The summed E-state index contributed by atoms with van der Waals surface area (Å²) >= 11 is 0. The lowest BCUT2D eigenvalue weighted by Gasteiger charge is -2.26. The molecule has 1 unspecified atom stereocenters. The summed E-state index contributed by atoms with van der Waals surface area (Å²) in [4.78, 5) is 0. The van der Waals surface area contributed by atoms with Gasteiger partial charge in [-0.2, -0.15) is 0 Å². The van der Waals surface area contributed by atoms with Gasteiger partial charge in [0, 0.05) is 12.6 Å². The maximum Gasteiger partial charge on any atom is 0.0967 e. The zero-order chi connectivity index (χ0) is 6.69. The van der Waals surface area contributed by atoms with Crippen LogP contribution in [0.25, 0.3) is 0 Å². The van der Waals surface area contributed by atoms with Gasteiger partial charge in [0.25, 0.3) is 0 Å². The van der Waals surface area contributed by atoms with E-state index >= 15 is 0 Å². The van der Waals surface area contributed by atoms with Gasteiger partial charge in [0.15, 0.2) is 0 Å². The van der Waals surface area contributed by atoms with E-state index in [4.69, 9.17) is 4.74 Å². The van der Waals surface area contributed by atoms with Crippen LogP contribution in [0, 0.1) is 5.92 Å². The summed E-state index contributed by atoms with van der Waals surface area (Å²) in [6.07, 6.45) is 1.16. The molecule has 0 bridgehead atoms. The number of rotatable bonds is 1. The Kier molecular flexibility index (Phi) is 2.49. The molecule has 1 saturated heterocycles. The van der Waals surface area contributed by atoms with Crippen molar-refractivity contribution in [2.45, 2.75) is 26.3 Å². The predicted molar refractivity (Wildman–Crippen MR) is 37.2 cm³/mol. The molecule has 0 aliphatic carbocycles. The standard InChI is InChI=1S/C7H15NO/c1-6(2)7-3-4-9-5-8-7/h6-8H,3-5H2,1-2H3. The van der Waals surface area contributed by atoms with Gasteiger partial charge in [-0.1, -0.05) is 13.8 Å². The van der Waals surface area contributed by atoms with Crippen molar-refractivity contribution in [2.75, 3.05) is 13.3 Å². The second-order valence-electron chi connectivity index (χ2n) is 2.90. The number of ether oxygens (including phenoxy) is 1. The monoisotopic (exact) mass is 129 g/mol. The predicted octanol–water partition coefficient (Wildman–Crippen LogP) is 0.978. The third kappa shape index (κ3) is 1.95. The Balaban J connectivity index is 2.23. The van der Waals surface area contributed by atoms with E-state index in [-0.39, 0.29) is 0 Å². The minimum atomic E-state index is 0.679. The second-order valence-corrected chi connectivity index (χ2v) is 2.90. The first-order valence-electron chi connectivity index (χ1n) is 3.62. The molecule has 1 rings (SSSR count). The van der Waals surface area contributed by atoms with Crippen LogP contribution < -0.4 is 5.32 Å². The van der Waals surface area contributed by atoms with Crippen molar-refractivity contribution >= 4 is 0 Å². The quantitative estimate of drug-likeness (QED) is 0.570. The van der Waals surface area contributed by atoms with Crippen molar-refractivity contribution in [1.29, 1.82) is 0 Å². The molecule has 0 aromatic heterocycles. The first-order valence-corrected chi connectivity index (χ1v) is 3.62. The highest BCUT2D eigenvalue weighted by molar-refractivity contribution is 4.70. The van der Waals surface area contributed by atoms with E-state index in [1.54, 1.807) is 0 Å². The fourth-order valence-corrected chi connectivity index (χ4v) is 1.12. The van der Waals surface area contributed by atoms with Gasteiger partial charge in [-0.05, 0) is 12.3 Å². The maximum absolute atomic E-state index is 5.14. The summed E-state index contributed by atoms with van der Waals surface area (Å²) in [6.45, 7) is 6.14. The van der Waals surface area contributed by atoms with Crippen LogP contribution in [0.4, 0.5) is 0 Å². The highest BCUT2D eigenvalue weighted by Crippen LogP contribution is 2.08. The molecule has 0 spiro atoms. The van der Waals surface area contributed by atoms with Gasteiger partial charge in [0.2, 0.25) is 0 Å². The lowest BCUT2D eigenvalue weighted by Crippen LogP contribution is -2.40. The molecule has 9 heavy (non-hydrogen) atoms. The third-order valence-corrected chi connectivity index (χ3v) is 1.83. The van der Waals surface area contributed by atoms with Crippen molar-refractivity contribution in [3.8, 4) is 0 Å². The number of hydrogen-bond donors (Lipinski definition) is 1. The molecule has 1 atom stereocenters. The highest BCUT2D eigenvalue weighted by atomic mass is 16.5. The van der Waals surface area contributed by atoms with E-state index in [0.717, 1.165) is 25.7 Å². The zero-order valence-electron chi connectivity index (χ0n) is 6.18. The molecule has 1 heterocycles. The van der Waals surface area contributed by atoms with Crippen LogP contribution in [0.3, 0.4) is 0 Å². The van der Waals surface area contributed by atoms with Crippen LogP contribution in [0.2, 0.25) is 0 Å². The Morgan fingerprint density at radius 3 is 2.67 bits per heavy atom. The number of nitrogens with one attached hydrogen (secondary N) is 1. The van der Waals surface area contributed by atoms with Crippen molar-refractivity contribution in [2.24, 2.45) is 5.92 Å². The zero-order valence-corrected chi connectivity index (χ0v) is 6.18. The fourth-order valence-electron chi connectivity index (χ4n) is 1.12. The molecule has 0 aromatic carbocycles. The van der Waals surface area contributed by atoms with E-state index in [9.17, 15) is 0 Å². The largest absolute Gasteiger partial charge is 0.366 e. The van der Waals surface area contributed by atoms with E-state index in [1.807, 2.05) is 0 Å². The van der Waals surface area contributed by atoms with E-state index in [0.29, 0.717) is 6.04 Å². The molecule has 0 aromatic rings. The minimum Gasteiger partial charge on any atom is -0.366 e. The molecule has 0 amide bonds. The molecule has 54 valence electrons. The van der Waals surface area contributed by atoms with Gasteiger partial charge in [-0.3, -0.25) is 5.32 Å². The van der Waals surface area contributed by atoms with Gasteiger partial charge in [-0.15, -0.1) is 0 Å². The molecular formula is C7H15NO. The normalized spacial score (nSPS) is 29.0. The van der Waals surface area contributed by atoms with Gasteiger partial charge in [0.05, 0.1) is 6.73 Å². The Labute approximate surface area is 56.6 Å². The van der Waals surface area contributed by atoms with Crippen molar-refractivity contribution < 1.29 is 4.74 Å². The fraction of sp³-hybridized carbons (Fsp3) is 1.00. The smallest absolute Gasteiger partial charge is 0.0967 e. The molecule has 1 N–H and O–H groups in total. The second kappa shape index (κ2) is 3.18. The average molecular weight is 129 g/mol. The first-order chi connectivity index (χ1) is 4.30. The van der Waals surface area contributed by atoms with Gasteiger partial charge >= 0.3 is 0 Å². The van der Waals surface area contributed by atoms with Crippen molar-refractivity contribution in [3.63, 3.8) is 0 Å². The van der Waals surface area contributed by atoms with E-state index < -0.39 is 0 Å². The Morgan fingerprint density at radius 1 is 1.56 bits per heavy atom. The van der Waals surface area contributed by atoms with Crippen LogP contribution in [-0.4, -0.2) is 19.4 Å². The Bertz CT molecular complexity index is 77.0. The molecule has 1 aliphatic heterocycles. The van der Waals surface area contributed by atoms with Crippen LogP contribution in [0.15, 0.2) is 0 Å². The van der Waals surface area contributed by atoms with Crippen molar-refractivity contribution in [1.82, 2.24) is 5.32 Å². The molecule has 2 nitrogen and oxygen atoms in total. The number of hydrogen-bond acceptors (Lipinski definition) is 2. The van der Waals surface area contributed by atoms with E-state index in [2.05, 4.69) is 19.2 Å². The maximum atomic E-state index is 5.14. The Hall–Kier alpha value is -0.0800. The molecular weight excluding hydrogens is 114 g/mol. The van der Waals surface area contributed by atoms with Gasteiger partial charge in [0.1, 0.15) is 0 Å². The minimum absolute atomic E-state index is 0.679. The van der Waals surface area contributed by atoms with Gasteiger partial charge in [-0.25, -0.2) is 0 Å². The molecule has 1 fully saturated rings. The van der Waals surface area contributed by atoms with E-state index in [1.165, 1.54) is 0 Å². The van der Waals surface area contributed by atoms with Crippen LogP contribution >= 0.6 is 0 Å². The highest BCUT2D eigenvalue weighted by Gasteiger charge is 2.15. The van der Waals surface area contributed by atoms with Crippen LogP contribution in [0.1, 0.15) is 20.3 Å². The molecule has 0 saturated carbocycles. The summed E-state index contributed by atoms with van der Waals surface area (Å²) in [5.74, 6) is 0.744. The lowest BCUT2D eigenvalue weighted by atomic mass is 10.0. The summed E-state index contributed by atoms with van der Waals surface area (Å²) < 4.78 is 5.14. The summed E-state index contributed by atoms with van der Waals surface area (Å²) in [7, 11) is 0. The van der Waals surface area contributed by atoms with Gasteiger partial charge < -0.3 is 4.74 Å². The SMILES string of the molecule is CC(C)C1CCOCN1.